The molecule has 2 N–H and O–H groups in total. The van der Waals surface area contributed by atoms with Crippen molar-refractivity contribution in [1.29, 1.82) is 0 Å². The summed E-state index contributed by atoms with van der Waals surface area (Å²) < 4.78 is 3.06. The van der Waals surface area contributed by atoms with Crippen molar-refractivity contribution in [3.05, 3.63) is 34.1 Å². The summed E-state index contributed by atoms with van der Waals surface area (Å²) in [6, 6.07) is 6.50. The highest BCUT2D eigenvalue weighted by Crippen LogP contribution is 2.32. The van der Waals surface area contributed by atoms with E-state index >= 15 is 0 Å². The van der Waals surface area contributed by atoms with E-state index in [1.54, 1.807) is 11.8 Å². The lowest BCUT2D eigenvalue weighted by Gasteiger charge is -2.13. The zero-order valence-electron chi connectivity index (χ0n) is 11.9. The Morgan fingerprint density at radius 2 is 2.15 bits per heavy atom. The van der Waals surface area contributed by atoms with Gasteiger partial charge >= 0.3 is 0 Å². The molecule has 20 heavy (non-hydrogen) atoms. The standard InChI is InChI=1S/C14H19BrN4S/c1-4-12(16)7-10-5-6-11(15)8-13(10)20-14-18-17-9(2)19(14)3/h5-6,8,12H,4,7,16H2,1-3H3. The number of benzene rings is 1. The Balaban J connectivity index is 2.29. The van der Waals surface area contributed by atoms with Crippen LogP contribution in [0.25, 0.3) is 0 Å². The van der Waals surface area contributed by atoms with E-state index in [-0.39, 0.29) is 6.04 Å². The van der Waals surface area contributed by atoms with E-state index in [2.05, 4.69) is 51.3 Å². The minimum absolute atomic E-state index is 0.191. The lowest BCUT2D eigenvalue weighted by atomic mass is 10.1. The van der Waals surface area contributed by atoms with Crippen molar-refractivity contribution >= 4 is 27.7 Å². The van der Waals surface area contributed by atoms with Gasteiger partial charge in [-0.1, -0.05) is 28.9 Å². The Hall–Kier alpha value is -0.850. The third kappa shape index (κ3) is 3.62. The molecular formula is C14H19BrN4S. The van der Waals surface area contributed by atoms with Gasteiger partial charge in [0.15, 0.2) is 5.16 Å². The molecule has 1 unspecified atom stereocenters. The van der Waals surface area contributed by atoms with Crippen molar-refractivity contribution in [3.8, 4) is 0 Å². The second kappa shape index (κ2) is 6.74. The number of aryl methyl sites for hydroxylation is 1. The topological polar surface area (TPSA) is 56.7 Å². The number of nitrogens with zero attached hydrogens (tertiary/aromatic N) is 3. The van der Waals surface area contributed by atoms with Crippen LogP contribution in [0.15, 0.2) is 32.7 Å². The second-order valence-electron chi connectivity index (χ2n) is 4.82. The highest BCUT2D eigenvalue weighted by Gasteiger charge is 2.12. The van der Waals surface area contributed by atoms with Crippen molar-refractivity contribution in [2.24, 2.45) is 12.8 Å². The molecule has 108 valence electrons. The summed E-state index contributed by atoms with van der Waals surface area (Å²) in [5, 5.41) is 9.20. The largest absolute Gasteiger partial charge is 0.327 e. The normalized spacial score (nSPS) is 12.7. The van der Waals surface area contributed by atoms with E-state index in [0.29, 0.717) is 0 Å². The van der Waals surface area contributed by atoms with Crippen LogP contribution in [-0.4, -0.2) is 20.8 Å². The van der Waals surface area contributed by atoms with Crippen LogP contribution in [0.3, 0.4) is 0 Å². The Bertz CT molecular complexity index is 597. The summed E-state index contributed by atoms with van der Waals surface area (Å²) >= 11 is 5.16. The first-order valence-electron chi connectivity index (χ1n) is 6.59. The molecule has 1 atom stereocenters. The minimum Gasteiger partial charge on any atom is -0.327 e. The number of rotatable bonds is 5. The van der Waals surface area contributed by atoms with Gasteiger partial charge in [-0.3, -0.25) is 0 Å². The van der Waals surface area contributed by atoms with E-state index in [4.69, 9.17) is 5.73 Å². The molecule has 0 aliphatic carbocycles. The van der Waals surface area contributed by atoms with Crippen LogP contribution in [0.5, 0.6) is 0 Å². The summed E-state index contributed by atoms with van der Waals surface area (Å²) in [6.07, 6.45) is 1.85. The zero-order chi connectivity index (χ0) is 14.7. The predicted molar refractivity (Wildman–Crippen MR) is 86.0 cm³/mol. The lowest BCUT2D eigenvalue weighted by Crippen LogP contribution is -2.21. The Morgan fingerprint density at radius 3 is 2.75 bits per heavy atom. The van der Waals surface area contributed by atoms with Gasteiger partial charge in [-0.2, -0.15) is 0 Å². The Morgan fingerprint density at radius 1 is 1.40 bits per heavy atom. The van der Waals surface area contributed by atoms with E-state index in [0.717, 1.165) is 28.3 Å². The van der Waals surface area contributed by atoms with Crippen molar-refractivity contribution in [3.63, 3.8) is 0 Å². The maximum atomic E-state index is 6.09. The molecule has 0 bridgehead atoms. The van der Waals surface area contributed by atoms with Crippen LogP contribution in [0.2, 0.25) is 0 Å². The third-order valence-corrected chi connectivity index (χ3v) is 4.92. The quantitative estimate of drug-likeness (QED) is 0.894. The summed E-state index contributed by atoms with van der Waals surface area (Å²) in [6.45, 7) is 4.06. The SMILES string of the molecule is CCC(N)Cc1ccc(Br)cc1Sc1nnc(C)n1C. The maximum Gasteiger partial charge on any atom is 0.195 e. The molecule has 0 amide bonds. The van der Waals surface area contributed by atoms with Crippen LogP contribution in [0.1, 0.15) is 24.7 Å². The highest BCUT2D eigenvalue weighted by molar-refractivity contribution is 9.10. The molecular weight excluding hydrogens is 336 g/mol. The summed E-state index contributed by atoms with van der Waals surface area (Å²) in [4.78, 5) is 1.18. The van der Waals surface area contributed by atoms with Gasteiger partial charge in [-0.05, 0) is 49.2 Å². The molecule has 1 heterocycles. The van der Waals surface area contributed by atoms with Gasteiger partial charge < -0.3 is 10.3 Å². The number of nitrogens with two attached hydrogens (primary N) is 1. The fourth-order valence-electron chi connectivity index (χ4n) is 1.79. The van der Waals surface area contributed by atoms with Gasteiger partial charge in [0.2, 0.25) is 0 Å². The van der Waals surface area contributed by atoms with Crippen LogP contribution in [-0.2, 0) is 13.5 Å². The molecule has 0 saturated carbocycles. The van der Waals surface area contributed by atoms with Gasteiger partial charge in [0, 0.05) is 22.5 Å². The van der Waals surface area contributed by atoms with Crippen molar-refractivity contribution < 1.29 is 0 Å². The lowest BCUT2D eigenvalue weighted by molar-refractivity contribution is 0.641. The van der Waals surface area contributed by atoms with E-state index in [1.807, 2.05) is 18.5 Å². The van der Waals surface area contributed by atoms with Crippen molar-refractivity contribution in [2.45, 2.75) is 42.8 Å². The minimum atomic E-state index is 0.191. The van der Waals surface area contributed by atoms with Gasteiger partial charge in [-0.15, -0.1) is 10.2 Å². The number of halogens is 1. The monoisotopic (exact) mass is 354 g/mol. The van der Waals surface area contributed by atoms with Gasteiger partial charge in [0.1, 0.15) is 5.82 Å². The van der Waals surface area contributed by atoms with Crippen LogP contribution in [0, 0.1) is 6.92 Å². The van der Waals surface area contributed by atoms with E-state index in [1.165, 1.54) is 10.5 Å². The summed E-state index contributed by atoms with van der Waals surface area (Å²) in [5.41, 5.74) is 7.34. The smallest absolute Gasteiger partial charge is 0.195 e. The van der Waals surface area contributed by atoms with E-state index < -0.39 is 0 Å². The molecule has 4 nitrogen and oxygen atoms in total. The first-order chi connectivity index (χ1) is 9.51. The van der Waals surface area contributed by atoms with Crippen molar-refractivity contribution in [1.82, 2.24) is 14.8 Å². The Labute approximate surface area is 132 Å². The molecule has 0 aliphatic rings. The average molecular weight is 355 g/mol. The van der Waals surface area contributed by atoms with Gasteiger partial charge in [-0.25, -0.2) is 0 Å². The molecule has 0 saturated heterocycles. The fourth-order valence-corrected chi connectivity index (χ4v) is 3.32. The van der Waals surface area contributed by atoms with Gasteiger partial charge in [0.25, 0.3) is 0 Å². The Kier molecular flexibility index (Phi) is 5.23. The zero-order valence-corrected chi connectivity index (χ0v) is 14.3. The molecule has 2 rings (SSSR count). The number of hydrogen-bond acceptors (Lipinski definition) is 4. The predicted octanol–water partition coefficient (Wildman–Crippen LogP) is 3.32. The molecule has 2 aromatic rings. The first kappa shape index (κ1) is 15.5. The average Bonchev–Trinajstić information content (AvgIpc) is 2.73. The molecule has 0 spiro atoms. The van der Waals surface area contributed by atoms with Gasteiger partial charge in [0.05, 0.1) is 0 Å². The van der Waals surface area contributed by atoms with Crippen LogP contribution < -0.4 is 5.73 Å². The summed E-state index contributed by atoms with van der Waals surface area (Å²) in [5.74, 6) is 0.911. The molecule has 0 fully saturated rings. The van der Waals surface area contributed by atoms with Crippen LogP contribution in [0.4, 0.5) is 0 Å². The van der Waals surface area contributed by atoms with Crippen LogP contribution >= 0.6 is 27.7 Å². The third-order valence-electron chi connectivity index (χ3n) is 3.29. The molecule has 1 aromatic carbocycles. The fraction of sp³-hybridized carbons (Fsp3) is 0.429. The summed E-state index contributed by atoms with van der Waals surface area (Å²) in [7, 11) is 1.98. The number of aromatic nitrogens is 3. The van der Waals surface area contributed by atoms with Crippen molar-refractivity contribution in [2.75, 3.05) is 0 Å². The molecule has 0 radical (unpaired) electrons. The second-order valence-corrected chi connectivity index (χ2v) is 6.74. The first-order valence-corrected chi connectivity index (χ1v) is 8.20. The maximum absolute atomic E-state index is 6.09. The highest BCUT2D eigenvalue weighted by atomic mass is 79.9. The molecule has 0 aliphatic heterocycles. The molecule has 1 aromatic heterocycles. The number of hydrogen-bond donors (Lipinski definition) is 1. The van der Waals surface area contributed by atoms with E-state index in [9.17, 15) is 0 Å². The molecule has 6 heteroatoms.